The molecule has 8 rings (SSSR count). The Hall–Kier alpha value is -0.960. The van der Waals surface area contributed by atoms with Crippen molar-refractivity contribution >= 4 is 55.0 Å². The van der Waals surface area contributed by atoms with Gasteiger partial charge in [0, 0.05) is 23.7 Å². The third-order valence-electron chi connectivity index (χ3n) is 17.3. The lowest BCUT2D eigenvalue weighted by Gasteiger charge is -2.58. The van der Waals surface area contributed by atoms with Gasteiger partial charge in [-0.05, 0) is 149 Å². The Kier molecular flexibility index (Phi) is 9.18. The number of Topliss-reactive ketones (excluding diaryl/α,β-unsaturated/α-hetero) is 2. The van der Waals surface area contributed by atoms with Crippen LogP contribution in [0.25, 0.3) is 0 Å². The van der Waals surface area contributed by atoms with E-state index in [1.54, 1.807) is 13.8 Å². The monoisotopic (exact) mass is 816 g/mol. The molecule has 0 radical (unpaired) electrons. The third-order valence-corrected chi connectivity index (χ3v) is 19.4. The van der Waals surface area contributed by atoms with Crippen molar-refractivity contribution in [3.8, 4) is 0 Å². The Labute approximate surface area is 315 Å². The minimum atomic E-state index is -1.25. The van der Waals surface area contributed by atoms with Crippen molar-refractivity contribution in [3.63, 3.8) is 0 Å². The van der Waals surface area contributed by atoms with Gasteiger partial charge < -0.3 is 10.2 Å². The van der Waals surface area contributed by atoms with Crippen LogP contribution in [0.1, 0.15) is 131 Å². The van der Waals surface area contributed by atoms with Gasteiger partial charge >= 0.3 is 0 Å². The van der Waals surface area contributed by atoms with Crippen LogP contribution in [0.5, 0.6) is 0 Å². The van der Waals surface area contributed by atoms with E-state index in [1.807, 2.05) is 12.2 Å². The fraction of sp³-hybridized carbons (Fsp3) is 0.810. The maximum atomic E-state index is 12.4. The lowest BCUT2D eigenvalue weighted by atomic mass is 9.46. The number of ketones is 4. The molecule has 14 atom stereocenters. The van der Waals surface area contributed by atoms with Crippen LogP contribution in [0.3, 0.4) is 0 Å². The molecule has 0 heterocycles. The van der Waals surface area contributed by atoms with Crippen LogP contribution in [0, 0.1) is 57.2 Å². The molecular formula is C42H58Br2O6. The fourth-order valence-electron chi connectivity index (χ4n) is 14.3. The van der Waals surface area contributed by atoms with Crippen molar-refractivity contribution in [2.45, 2.75) is 152 Å². The highest BCUT2D eigenvalue weighted by molar-refractivity contribution is 9.09. The number of fused-ring (bicyclic) bond motifs is 10. The topological polar surface area (TPSA) is 109 Å². The highest BCUT2D eigenvalue weighted by Gasteiger charge is 2.70. The molecule has 0 aliphatic heterocycles. The summed E-state index contributed by atoms with van der Waals surface area (Å²) in [6.45, 7) is 12.1. The molecule has 6 fully saturated rings. The number of halogens is 2. The van der Waals surface area contributed by atoms with Crippen molar-refractivity contribution in [2.75, 3.05) is 0 Å². The summed E-state index contributed by atoms with van der Waals surface area (Å²) in [6.07, 6.45) is 17.0. The fourth-order valence-corrected chi connectivity index (χ4v) is 16.8. The predicted molar refractivity (Wildman–Crippen MR) is 201 cm³/mol. The zero-order valence-electron chi connectivity index (χ0n) is 31.0. The normalized spacial score (nSPS) is 52.0. The summed E-state index contributed by atoms with van der Waals surface area (Å²) in [5, 5.41) is 22.7. The van der Waals surface area contributed by atoms with E-state index in [1.165, 1.54) is 11.1 Å². The standard InChI is InChI=1S/2C21H29BrO3/c2*1-12(23)21(25)18(22)11-17-15-5-4-13-10-14(24)6-8-19(13,2)16(15)7-9-20(17,21)3/h2*10,15-18,25H,4-9,11H2,1-3H3/t2*15-,16+,17+,18+,19+,20+,21-/m11/s1. The average molecular weight is 819 g/mol. The van der Waals surface area contributed by atoms with Gasteiger partial charge in [-0.15, -0.1) is 0 Å². The van der Waals surface area contributed by atoms with E-state index in [4.69, 9.17) is 0 Å². The molecule has 0 aromatic heterocycles. The number of alkyl halides is 2. The molecule has 276 valence electrons. The maximum Gasteiger partial charge on any atom is 0.163 e. The molecule has 8 aliphatic carbocycles. The highest BCUT2D eigenvalue weighted by atomic mass is 79.9. The second kappa shape index (κ2) is 12.3. The van der Waals surface area contributed by atoms with Gasteiger partial charge in [0.05, 0.1) is 9.65 Å². The van der Waals surface area contributed by atoms with Gasteiger partial charge in [-0.25, -0.2) is 0 Å². The van der Waals surface area contributed by atoms with Gasteiger partial charge in [0.25, 0.3) is 0 Å². The van der Waals surface area contributed by atoms with Crippen LogP contribution < -0.4 is 0 Å². The van der Waals surface area contributed by atoms with Crippen LogP contribution in [0.15, 0.2) is 23.3 Å². The zero-order chi connectivity index (χ0) is 36.4. The van der Waals surface area contributed by atoms with E-state index >= 15 is 0 Å². The van der Waals surface area contributed by atoms with Gasteiger partial charge in [-0.2, -0.15) is 0 Å². The molecule has 50 heavy (non-hydrogen) atoms. The summed E-state index contributed by atoms with van der Waals surface area (Å²) in [6, 6.07) is 0. The number of carbonyl (C=O) groups is 4. The van der Waals surface area contributed by atoms with Gasteiger partial charge in [0.2, 0.25) is 0 Å². The Balaban J connectivity index is 0.000000157. The first-order valence-electron chi connectivity index (χ1n) is 19.5. The van der Waals surface area contributed by atoms with Crippen molar-refractivity contribution in [3.05, 3.63) is 23.3 Å². The minimum absolute atomic E-state index is 0.0938. The summed E-state index contributed by atoms with van der Waals surface area (Å²) in [7, 11) is 0. The lowest BCUT2D eigenvalue weighted by Crippen LogP contribution is -2.59. The number of carbonyl (C=O) groups excluding carboxylic acids is 4. The molecule has 0 spiro atoms. The first kappa shape index (κ1) is 37.4. The van der Waals surface area contributed by atoms with E-state index in [2.05, 4.69) is 59.6 Å². The highest BCUT2D eigenvalue weighted by Crippen LogP contribution is 2.70. The van der Waals surface area contributed by atoms with Gasteiger partial charge in [0.15, 0.2) is 23.1 Å². The second-order valence-electron chi connectivity index (χ2n) is 18.9. The van der Waals surface area contributed by atoms with E-state index in [9.17, 15) is 29.4 Å². The summed E-state index contributed by atoms with van der Waals surface area (Å²) in [5.41, 5.74) is -0.169. The summed E-state index contributed by atoms with van der Waals surface area (Å²) in [4.78, 5) is 48.3. The number of hydrogen-bond acceptors (Lipinski definition) is 6. The molecule has 6 nitrogen and oxygen atoms in total. The first-order valence-corrected chi connectivity index (χ1v) is 21.3. The summed E-state index contributed by atoms with van der Waals surface area (Å²) >= 11 is 7.33. The van der Waals surface area contributed by atoms with Crippen LogP contribution in [0.4, 0.5) is 0 Å². The molecule has 8 aliphatic rings. The minimum Gasteiger partial charge on any atom is -0.380 e. The Morgan fingerprint density at radius 2 is 0.960 bits per heavy atom. The Morgan fingerprint density at radius 3 is 1.30 bits per heavy atom. The van der Waals surface area contributed by atoms with E-state index < -0.39 is 11.2 Å². The van der Waals surface area contributed by atoms with Crippen LogP contribution in [0.2, 0.25) is 0 Å². The van der Waals surface area contributed by atoms with E-state index in [-0.39, 0.29) is 42.9 Å². The Morgan fingerprint density at radius 1 is 0.600 bits per heavy atom. The largest absolute Gasteiger partial charge is 0.380 e. The predicted octanol–water partition coefficient (Wildman–Crippen LogP) is 8.42. The molecule has 0 unspecified atom stereocenters. The third kappa shape index (κ3) is 4.87. The van der Waals surface area contributed by atoms with Crippen molar-refractivity contribution < 1.29 is 29.4 Å². The van der Waals surface area contributed by atoms with Crippen LogP contribution in [-0.2, 0) is 19.2 Å². The van der Waals surface area contributed by atoms with Gasteiger partial charge in [-0.1, -0.05) is 70.7 Å². The molecule has 6 saturated carbocycles. The number of allylic oxidation sites excluding steroid dienone is 2. The maximum absolute atomic E-state index is 12.4. The second-order valence-corrected chi connectivity index (χ2v) is 21.1. The van der Waals surface area contributed by atoms with Crippen molar-refractivity contribution in [1.82, 2.24) is 0 Å². The van der Waals surface area contributed by atoms with Crippen LogP contribution >= 0.6 is 31.9 Å². The molecule has 2 N–H and O–H groups in total. The Bertz CT molecular complexity index is 1450. The lowest BCUT2D eigenvalue weighted by molar-refractivity contribution is -0.159. The van der Waals surface area contributed by atoms with Crippen molar-refractivity contribution in [1.29, 1.82) is 0 Å². The van der Waals surface area contributed by atoms with Crippen LogP contribution in [-0.4, -0.2) is 54.2 Å². The number of aliphatic hydroxyl groups is 2. The number of hydrogen-bond donors (Lipinski definition) is 2. The molecule has 0 saturated heterocycles. The van der Waals surface area contributed by atoms with E-state index in [0.717, 1.165) is 77.0 Å². The van der Waals surface area contributed by atoms with Gasteiger partial charge in [-0.3, -0.25) is 19.2 Å². The average Bonchev–Trinajstić information content (AvgIpc) is 3.41. The molecule has 0 bridgehead atoms. The van der Waals surface area contributed by atoms with Crippen molar-refractivity contribution in [2.24, 2.45) is 57.2 Å². The van der Waals surface area contributed by atoms with Gasteiger partial charge in [0.1, 0.15) is 11.2 Å². The first-order chi connectivity index (χ1) is 23.3. The quantitative estimate of drug-likeness (QED) is 0.271. The number of rotatable bonds is 2. The molecule has 0 aromatic carbocycles. The molecule has 8 heteroatoms. The summed E-state index contributed by atoms with van der Waals surface area (Å²) < 4.78 is 0. The molecular weight excluding hydrogens is 760 g/mol. The SMILES string of the molecule is CC(=O)[C@@]1(O)[C@@H](Br)C[C@H]2[C@@H]3CCC4=CC(=O)CC[C@]4(C)[C@H]3CC[C@@]21C.CC(=O)[C@@]1(O)[C@@H](Br)C[C@H]2[C@@H]3CCC4=CC(=O)CC[C@]4(C)[C@H]3CC[C@@]21C. The smallest absolute Gasteiger partial charge is 0.163 e. The summed E-state index contributed by atoms with van der Waals surface area (Å²) in [5.74, 6) is 3.39. The zero-order valence-corrected chi connectivity index (χ0v) is 34.1. The van der Waals surface area contributed by atoms with E-state index in [0.29, 0.717) is 59.9 Å². The molecule has 0 aromatic rings. The molecule has 0 amide bonds.